The molecule has 1 saturated heterocycles. The largest absolute Gasteiger partial charge is 0.416 e. The quantitative estimate of drug-likeness (QED) is 0.127. The van der Waals surface area contributed by atoms with Gasteiger partial charge in [0.25, 0.3) is 0 Å². The molecule has 10 nitrogen and oxygen atoms in total. The minimum absolute atomic E-state index is 0.0344. The van der Waals surface area contributed by atoms with Gasteiger partial charge in [0.2, 0.25) is 27.9 Å². The Labute approximate surface area is 257 Å². The minimum Gasteiger partial charge on any atom is -0.354 e. The molecule has 4 aromatic rings. The van der Waals surface area contributed by atoms with Crippen LogP contribution in [0.4, 0.5) is 31.0 Å². The summed E-state index contributed by atoms with van der Waals surface area (Å²) in [5, 5.41) is 9.26. The van der Waals surface area contributed by atoms with E-state index in [1.165, 1.54) is 0 Å². The highest BCUT2D eigenvalue weighted by molar-refractivity contribution is 7.89. The first kappa shape index (κ1) is 31.3. The van der Waals surface area contributed by atoms with E-state index in [1.807, 2.05) is 40.6 Å². The number of anilines is 3. The summed E-state index contributed by atoms with van der Waals surface area (Å²) in [5.74, 6) is 1.02. The number of thiazole rings is 1. The molecule has 5 rings (SSSR count). The van der Waals surface area contributed by atoms with Gasteiger partial charge in [0, 0.05) is 36.6 Å². The second-order valence-corrected chi connectivity index (χ2v) is 12.6. The Morgan fingerprint density at radius 3 is 2.55 bits per heavy atom. The number of benzene rings is 2. The Morgan fingerprint density at radius 2 is 1.80 bits per heavy atom. The van der Waals surface area contributed by atoms with Gasteiger partial charge in [0.1, 0.15) is 5.01 Å². The number of rotatable bonds is 13. The van der Waals surface area contributed by atoms with Gasteiger partial charge in [-0.2, -0.15) is 28.1 Å². The molecule has 0 bridgehead atoms. The topological polar surface area (TPSA) is 125 Å². The zero-order valence-corrected chi connectivity index (χ0v) is 25.2. The summed E-state index contributed by atoms with van der Waals surface area (Å²) < 4.78 is 67.7. The van der Waals surface area contributed by atoms with Crippen LogP contribution in [0.25, 0.3) is 10.6 Å². The molecule has 2 aromatic carbocycles. The number of aromatic nitrogens is 4. The normalized spacial score (nSPS) is 15.3. The van der Waals surface area contributed by atoms with Gasteiger partial charge < -0.3 is 15.5 Å². The highest BCUT2D eigenvalue weighted by Gasteiger charge is 2.33. The molecule has 0 spiro atoms. The van der Waals surface area contributed by atoms with Crippen LogP contribution in [-0.4, -0.2) is 54.0 Å². The van der Waals surface area contributed by atoms with Crippen molar-refractivity contribution in [3.63, 3.8) is 0 Å². The van der Waals surface area contributed by atoms with Gasteiger partial charge in [-0.3, -0.25) is 0 Å². The Morgan fingerprint density at radius 1 is 1.02 bits per heavy atom. The molecule has 0 amide bonds. The second kappa shape index (κ2) is 13.7. The number of hydrogen-bond donors (Lipinski definition) is 3. The van der Waals surface area contributed by atoms with E-state index in [0.29, 0.717) is 56.4 Å². The lowest BCUT2D eigenvalue weighted by atomic mass is 10.2. The maximum absolute atomic E-state index is 13.2. The summed E-state index contributed by atoms with van der Waals surface area (Å²) in [6.07, 6.45) is -0.799. The zero-order valence-electron chi connectivity index (χ0n) is 23.6. The molecule has 0 radical (unpaired) electrons. The molecule has 232 valence electrons. The van der Waals surface area contributed by atoms with Crippen molar-refractivity contribution >= 4 is 39.2 Å². The molecule has 1 aliphatic heterocycles. The summed E-state index contributed by atoms with van der Waals surface area (Å²) in [4.78, 5) is 19.8. The van der Waals surface area contributed by atoms with E-state index >= 15 is 0 Å². The summed E-state index contributed by atoms with van der Waals surface area (Å²) in [6.45, 7) is 5.20. The first-order valence-electron chi connectivity index (χ1n) is 13.9. The fraction of sp³-hybridized carbons (Fsp3) is 0.310. The van der Waals surface area contributed by atoms with Gasteiger partial charge in [-0.15, -0.1) is 17.9 Å². The van der Waals surface area contributed by atoms with E-state index in [0.717, 1.165) is 40.9 Å². The third kappa shape index (κ3) is 7.89. The van der Waals surface area contributed by atoms with Crippen LogP contribution >= 0.6 is 11.3 Å². The standard InChI is InChI=1S/C29H31F3N8O2S2/c1-2-3-14-33-26-37-27(34-17-22-19-43-25(36-22)20-9-5-4-6-10-20)39-28(38-26)40-15-8-12-23(40)18-35-44(41,42)24-13-7-11-21(16-24)29(30,31)32/h2,4-7,9-11,13,16,19,23,35H,1,3,8,12,14-15,17-18H2,(H2,33,34,37,38,39)/t23-/m1/s1. The predicted octanol–water partition coefficient (Wildman–Crippen LogP) is 5.56. The monoisotopic (exact) mass is 644 g/mol. The van der Waals surface area contributed by atoms with Crippen LogP contribution in [0.5, 0.6) is 0 Å². The van der Waals surface area contributed by atoms with Crippen LogP contribution in [0.3, 0.4) is 0 Å². The molecule has 0 unspecified atom stereocenters. The minimum atomic E-state index is -4.65. The molecule has 3 heterocycles. The molecule has 1 fully saturated rings. The third-order valence-electron chi connectivity index (χ3n) is 6.87. The molecular weight excluding hydrogens is 614 g/mol. The summed E-state index contributed by atoms with van der Waals surface area (Å²) in [6, 6.07) is 13.2. The van der Waals surface area contributed by atoms with Crippen LogP contribution in [0.2, 0.25) is 0 Å². The van der Waals surface area contributed by atoms with Gasteiger partial charge in [0.15, 0.2) is 0 Å². The van der Waals surface area contributed by atoms with Crippen LogP contribution in [0.15, 0.2) is 77.5 Å². The lowest BCUT2D eigenvalue weighted by molar-refractivity contribution is -0.137. The van der Waals surface area contributed by atoms with E-state index in [4.69, 9.17) is 4.98 Å². The Kier molecular flexibility index (Phi) is 9.76. The van der Waals surface area contributed by atoms with Crippen molar-refractivity contribution in [2.24, 2.45) is 0 Å². The Balaban J connectivity index is 1.31. The van der Waals surface area contributed by atoms with E-state index in [-0.39, 0.29) is 12.6 Å². The van der Waals surface area contributed by atoms with Crippen LogP contribution in [-0.2, 0) is 22.7 Å². The van der Waals surface area contributed by atoms with Crippen LogP contribution in [0.1, 0.15) is 30.5 Å². The number of hydrogen-bond acceptors (Lipinski definition) is 10. The number of nitrogens with one attached hydrogen (secondary N) is 3. The highest BCUT2D eigenvalue weighted by atomic mass is 32.2. The smallest absolute Gasteiger partial charge is 0.354 e. The van der Waals surface area contributed by atoms with Crippen LogP contribution < -0.4 is 20.3 Å². The Hall–Kier alpha value is -4.08. The second-order valence-electron chi connectivity index (χ2n) is 10.0. The van der Waals surface area contributed by atoms with Gasteiger partial charge >= 0.3 is 6.18 Å². The molecule has 44 heavy (non-hydrogen) atoms. The van der Waals surface area contributed by atoms with E-state index < -0.39 is 26.7 Å². The maximum Gasteiger partial charge on any atom is 0.416 e. The average molecular weight is 645 g/mol. The molecule has 0 aliphatic carbocycles. The number of alkyl halides is 3. The number of halogens is 3. The molecule has 1 aliphatic rings. The summed E-state index contributed by atoms with van der Waals surface area (Å²) in [7, 11) is -4.19. The van der Waals surface area contributed by atoms with Crippen molar-refractivity contribution in [1.29, 1.82) is 0 Å². The van der Waals surface area contributed by atoms with E-state index in [9.17, 15) is 21.6 Å². The summed E-state index contributed by atoms with van der Waals surface area (Å²) >= 11 is 1.54. The molecule has 2 aromatic heterocycles. The predicted molar refractivity (Wildman–Crippen MR) is 165 cm³/mol. The fourth-order valence-corrected chi connectivity index (χ4v) is 6.59. The van der Waals surface area contributed by atoms with E-state index in [2.05, 4.69) is 36.9 Å². The lowest BCUT2D eigenvalue weighted by Gasteiger charge is -2.25. The molecule has 0 saturated carbocycles. The highest BCUT2D eigenvalue weighted by Crippen LogP contribution is 2.31. The Bertz CT molecular complexity index is 1680. The fourth-order valence-electron chi connectivity index (χ4n) is 4.65. The van der Waals surface area contributed by atoms with Crippen LogP contribution in [0, 0.1) is 0 Å². The molecule has 15 heteroatoms. The molecule has 1 atom stereocenters. The zero-order chi connectivity index (χ0) is 31.2. The molecule has 3 N–H and O–H groups in total. The summed E-state index contributed by atoms with van der Waals surface area (Å²) in [5.41, 5.74) is 0.821. The third-order valence-corrected chi connectivity index (χ3v) is 9.23. The van der Waals surface area contributed by atoms with Gasteiger partial charge in [-0.1, -0.05) is 42.5 Å². The van der Waals surface area contributed by atoms with Gasteiger partial charge in [0.05, 0.1) is 22.7 Å². The molecular formula is C29H31F3N8O2S2. The van der Waals surface area contributed by atoms with E-state index in [1.54, 1.807) is 17.4 Å². The number of sulfonamides is 1. The average Bonchev–Trinajstić information content (AvgIpc) is 3.69. The number of nitrogens with zero attached hydrogens (tertiary/aromatic N) is 5. The maximum atomic E-state index is 13.2. The first-order chi connectivity index (χ1) is 21.1. The van der Waals surface area contributed by atoms with Crippen molar-refractivity contribution < 1.29 is 21.6 Å². The van der Waals surface area contributed by atoms with Crippen molar-refractivity contribution in [3.8, 4) is 10.6 Å². The van der Waals surface area contributed by atoms with Crippen molar-refractivity contribution in [3.05, 3.63) is 83.9 Å². The van der Waals surface area contributed by atoms with Crippen molar-refractivity contribution in [1.82, 2.24) is 24.7 Å². The van der Waals surface area contributed by atoms with Crippen molar-refractivity contribution in [2.45, 2.75) is 42.9 Å². The van der Waals surface area contributed by atoms with Gasteiger partial charge in [-0.05, 0) is 37.5 Å². The SMILES string of the molecule is C=CCCNc1nc(NCc2csc(-c3ccccc3)n2)nc(N2CCC[C@@H]2CNS(=O)(=O)c2cccc(C(F)(F)F)c2)n1. The first-order valence-corrected chi connectivity index (χ1v) is 16.3. The lowest BCUT2D eigenvalue weighted by Crippen LogP contribution is -2.41. The van der Waals surface area contributed by atoms with Crippen molar-refractivity contribution in [2.75, 3.05) is 35.2 Å². The van der Waals surface area contributed by atoms with Gasteiger partial charge in [-0.25, -0.2) is 18.1 Å².